The van der Waals surface area contributed by atoms with Crippen molar-refractivity contribution in [2.45, 2.75) is 24.3 Å². The molecular weight excluding hydrogens is 497 g/mol. The third-order valence-electron chi connectivity index (χ3n) is 7.47. The Kier molecular flexibility index (Phi) is 5.53. The van der Waals surface area contributed by atoms with E-state index in [1.807, 2.05) is 0 Å². The van der Waals surface area contributed by atoms with Crippen molar-refractivity contribution in [2.75, 3.05) is 13.1 Å². The van der Waals surface area contributed by atoms with Crippen molar-refractivity contribution >= 4 is 15.8 Å². The molecule has 6 rings (SSSR count). The van der Waals surface area contributed by atoms with Crippen LogP contribution in [0.5, 0.6) is 0 Å². The molecule has 0 amide bonds. The van der Waals surface area contributed by atoms with Gasteiger partial charge >= 0.3 is 0 Å². The van der Waals surface area contributed by atoms with Crippen molar-refractivity contribution in [3.8, 4) is 5.69 Å². The summed E-state index contributed by atoms with van der Waals surface area (Å²) in [5.74, 6) is -0.655. The molecule has 1 aliphatic carbocycles. The highest BCUT2D eigenvalue weighted by molar-refractivity contribution is 7.89. The normalized spacial score (nSPS) is 21.8. The molecule has 3 aromatic heterocycles. The van der Waals surface area contributed by atoms with Gasteiger partial charge < -0.3 is 0 Å². The van der Waals surface area contributed by atoms with Gasteiger partial charge in [-0.05, 0) is 67.1 Å². The monoisotopic (exact) mass is 521 g/mol. The molecule has 10 nitrogen and oxygen atoms in total. The van der Waals surface area contributed by atoms with E-state index in [-0.39, 0.29) is 35.6 Å². The van der Waals surface area contributed by atoms with Gasteiger partial charge in [0.25, 0.3) is 10.0 Å². The van der Waals surface area contributed by atoms with E-state index < -0.39 is 15.4 Å². The van der Waals surface area contributed by atoms with E-state index in [0.717, 1.165) is 16.9 Å². The number of fused-ring (bicyclic) bond motifs is 2. The van der Waals surface area contributed by atoms with Crippen molar-refractivity contribution in [1.82, 2.24) is 34.1 Å². The van der Waals surface area contributed by atoms with Crippen LogP contribution >= 0.6 is 0 Å². The molecule has 2 atom stereocenters. The van der Waals surface area contributed by atoms with Crippen LogP contribution < -0.4 is 0 Å². The molecule has 4 aromatic rings. The number of halogens is 1. The Labute approximate surface area is 212 Å². The third-order valence-corrected chi connectivity index (χ3v) is 9.18. The molecule has 1 saturated heterocycles. The first kappa shape index (κ1) is 23.6. The van der Waals surface area contributed by atoms with Gasteiger partial charge in [-0.15, -0.1) is 5.10 Å². The molecule has 190 valence electrons. The van der Waals surface area contributed by atoms with E-state index >= 15 is 0 Å². The highest BCUT2D eigenvalue weighted by Crippen LogP contribution is 2.48. The number of nitrogens with zero attached hydrogens (tertiary/aromatic N) is 7. The number of hydrogen-bond donors (Lipinski definition) is 0. The Balaban J connectivity index is 1.43. The maximum Gasteiger partial charge on any atom is 0.264 e. The molecule has 0 N–H and O–H groups in total. The second-order valence-corrected chi connectivity index (χ2v) is 11.5. The standard InChI is InChI=1S/C25H24FN7O3S/c1-31-28-15-23(30-31)37(35,36)32-11-9-18-12-22-17(14-29-33(22)20-7-5-19(26)6-8-20)13-25(18,16-32)24(34)21-4-2-3-10-27-21/h2-8,10,14-15,18H,9,11-13,16H2,1H3/t18-,25-/m0/s1. The van der Waals surface area contributed by atoms with E-state index in [1.165, 1.54) is 27.4 Å². The number of benzene rings is 1. The van der Waals surface area contributed by atoms with E-state index in [4.69, 9.17) is 0 Å². The van der Waals surface area contributed by atoms with E-state index in [1.54, 1.807) is 54.5 Å². The minimum Gasteiger partial charge on any atom is -0.292 e. The lowest BCUT2D eigenvalue weighted by molar-refractivity contribution is 0.0394. The number of Topliss-reactive ketones (excluding diaryl/α,β-unsaturated/α-hetero) is 1. The maximum absolute atomic E-state index is 14.1. The summed E-state index contributed by atoms with van der Waals surface area (Å²) in [5.41, 5.74) is 1.83. The fraction of sp³-hybridized carbons (Fsp3) is 0.320. The largest absolute Gasteiger partial charge is 0.292 e. The van der Waals surface area contributed by atoms with Crippen LogP contribution in [0.25, 0.3) is 5.69 Å². The van der Waals surface area contributed by atoms with Gasteiger partial charge in [0.1, 0.15) is 11.5 Å². The van der Waals surface area contributed by atoms with Crippen LogP contribution in [0.15, 0.2) is 66.1 Å². The van der Waals surface area contributed by atoms with Crippen molar-refractivity contribution in [3.05, 3.63) is 83.8 Å². The highest BCUT2D eigenvalue weighted by atomic mass is 32.2. The zero-order valence-electron chi connectivity index (χ0n) is 20.0. The zero-order chi connectivity index (χ0) is 25.8. The van der Waals surface area contributed by atoms with Gasteiger partial charge in [-0.2, -0.15) is 19.3 Å². The molecule has 1 fully saturated rings. The molecule has 0 bridgehead atoms. The second kappa shape index (κ2) is 8.67. The first-order valence-electron chi connectivity index (χ1n) is 11.9. The second-order valence-electron chi connectivity index (χ2n) is 9.58. The lowest BCUT2D eigenvalue weighted by Crippen LogP contribution is -2.57. The Morgan fingerprint density at radius 3 is 2.62 bits per heavy atom. The van der Waals surface area contributed by atoms with Gasteiger partial charge in [0, 0.05) is 32.0 Å². The summed E-state index contributed by atoms with van der Waals surface area (Å²) in [5, 5.41) is 12.3. The summed E-state index contributed by atoms with van der Waals surface area (Å²) >= 11 is 0. The number of aryl methyl sites for hydroxylation is 1. The first-order chi connectivity index (χ1) is 17.8. The van der Waals surface area contributed by atoms with Crippen LogP contribution in [0.2, 0.25) is 0 Å². The summed E-state index contributed by atoms with van der Waals surface area (Å²) in [6.45, 7) is 0.258. The summed E-state index contributed by atoms with van der Waals surface area (Å²) in [4.78, 5) is 19.6. The lowest BCUT2D eigenvalue weighted by Gasteiger charge is -2.48. The van der Waals surface area contributed by atoms with Gasteiger partial charge in [-0.3, -0.25) is 9.78 Å². The highest BCUT2D eigenvalue weighted by Gasteiger charge is 2.54. The van der Waals surface area contributed by atoms with Crippen LogP contribution in [-0.4, -0.2) is 61.4 Å². The Hall–Kier alpha value is -3.77. The summed E-state index contributed by atoms with van der Waals surface area (Å²) in [7, 11) is -2.40. The maximum atomic E-state index is 14.1. The fourth-order valence-corrected chi connectivity index (χ4v) is 7.03. The number of sulfonamides is 1. The van der Waals surface area contributed by atoms with Crippen molar-refractivity contribution in [2.24, 2.45) is 18.4 Å². The third kappa shape index (κ3) is 3.87. The smallest absolute Gasteiger partial charge is 0.264 e. The lowest BCUT2D eigenvalue weighted by atomic mass is 9.60. The quantitative estimate of drug-likeness (QED) is 0.370. The minimum absolute atomic E-state index is 0.00709. The van der Waals surface area contributed by atoms with Crippen LogP contribution in [-0.2, 0) is 29.9 Å². The van der Waals surface area contributed by atoms with E-state index in [0.29, 0.717) is 25.0 Å². The van der Waals surface area contributed by atoms with Crippen LogP contribution in [0.1, 0.15) is 28.2 Å². The number of pyridine rings is 1. The number of aromatic nitrogens is 6. The van der Waals surface area contributed by atoms with Gasteiger partial charge in [-0.1, -0.05) is 6.07 Å². The Bertz CT molecular complexity index is 1580. The average molecular weight is 522 g/mol. The molecule has 2 aliphatic rings. The van der Waals surface area contributed by atoms with Gasteiger partial charge in [0.2, 0.25) is 5.03 Å². The summed E-state index contributed by atoms with van der Waals surface area (Å²) in [6, 6.07) is 11.3. The van der Waals surface area contributed by atoms with Gasteiger partial charge in [0.15, 0.2) is 5.78 Å². The van der Waals surface area contributed by atoms with Crippen molar-refractivity contribution in [3.63, 3.8) is 0 Å². The molecule has 1 aromatic carbocycles. The number of piperidine rings is 1. The topological polar surface area (TPSA) is 116 Å². The SMILES string of the molecule is Cn1ncc(S(=O)(=O)N2CC[C@H]3Cc4c(cnn4-c4ccc(F)cc4)C[C@]3(C(=O)c3ccccn3)C2)n1. The molecule has 37 heavy (non-hydrogen) atoms. The predicted molar refractivity (Wildman–Crippen MR) is 130 cm³/mol. The van der Waals surface area contributed by atoms with Crippen molar-refractivity contribution in [1.29, 1.82) is 0 Å². The molecule has 0 saturated carbocycles. The van der Waals surface area contributed by atoms with Crippen LogP contribution in [0.4, 0.5) is 4.39 Å². The Morgan fingerprint density at radius 2 is 1.92 bits per heavy atom. The summed E-state index contributed by atoms with van der Waals surface area (Å²) < 4.78 is 43.6. The minimum atomic E-state index is -3.95. The van der Waals surface area contributed by atoms with Gasteiger partial charge in [0.05, 0.1) is 23.5 Å². The fourth-order valence-electron chi connectivity index (χ4n) is 5.62. The average Bonchev–Trinajstić information content (AvgIpc) is 3.53. The van der Waals surface area contributed by atoms with Crippen molar-refractivity contribution < 1.29 is 17.6 Å². The Morgan fingerprint density at radius 1 is 1.11 bits per heavy atom. The molecule has 0 radical (unpaired) electrons. The van der Waals surface area contributed by atoms with E-state index in [2.05, 4.69) is 20.3 Å². The van der Waals surface area contributed by atoms with Gasteiger partial charge in [-0.25, -0.2) is 17.5 Å². The number of hydrogen-bond acceptors (Lipinski definition) is 7. The number of carbonyl (C=O) groups excluding carboxylic acids is 1. The molecule has 0 spiro atoms. The van der Waals surface area contributed by atoms with Crippen LogP contribution in [0, 0.1) is 17.2 Å². The molecule has 4 heterocycles. The first-order valence-corrected chi connectivity index (χ1v) is 13.4. The number of rotatable bonds is 5. The predicted octanol–water partition coefficient (Wildman–Crippen LogP) is 2.21. The number of carbonyl (C=O) groups is 1. The summed E-state index contributed by atoms with van der Waals surface area (Å²) in [6.07, 6.45) is 5.84. The molecule has 12 heteroatoms. The molecule has 1 aliphatic heterocycles. The molecule has 0 unspecified atom stereocenters. The van der Waals surface area contributed by atoms with E-state index in [9.17, 15) is 17.6 Å². The zero-order valence-corrected chi connectivity index (χ0v) is 20.8. The number of ketones is 1. The van der Waals surface area contributed by atoms with Crippen LogP contribution in [0.3, 0.4) is 0 Å². The molecular formula is C25H24FN7O3S.